The Labute approximate surface area is 268 Å². The number of aryl methyl sites for hydroxylation is 2. The maximum absolute atomic E-state index is 11.2. The average molecular weight is 640 g/mol. The van der Waals surface area contributed by atoms with Crippen LogP contribution in [0.2, 0.25) is 0 Å². The average Bonchev–Trinajstić information content (AvgIpc) is 2.88. The fourth-order valence-corrected chi connectivity index (χ4v) is 5.26. The zero-order valence-electron chi connectivity index (χ0n) is 27.2. The van der Waals surface area contributed by atoms with Gasteiger partial charge in [-0.15, -0.1) is 0 Å². The Hall–Kier alpha value is -2.84. The largest absolute Gasteiger partial charge is 0.507 e. The number of nitrogens with zero attached hydrogens (tertiary/aromatic N) is 2. The molecule has 0 heterocycles. The zero-order chi connectivity index (χ0) is 31.7. The molecule has 0 aromatic heterocycles. The van der Waals surface area contributed by atoms with Crippen LogP contribution in [0.15, 0.2) is 34.3 Å². The summed E-state index contributed by atoms with van der Waals surface area (Å²) in [5, 5.41) is 35.8. The second kappa shape index (κ2) is 16.9. The maximum Gasteiger partial charge on any atom is 0.503 e. The Morgan fingerprint density at radius 2 is 1.35 bits per heavy atom. The standard InChI is InChI=1S/C34H50N2O2.CH2O3.Co/c1-9-10-11-14-24-17-23(2)31(37)25(18-24)21-35-29-15-12-13-16-30(29)36-22-26-19-27(33(3,4)5)20-28(32(26)38)34(6,7)8;2-1(3)4;/h17-22,29-30,37-38H,9-16H2,1-8H3;(H2,2,3,4);. The Balaban J connectivity index is 0.00000174. The van der Waals surface area contributed by atoms with E-state index in [0.717, 1.165) is 60.8 Å². The van der Waals surface area contributed by atoms with E-state index in [9.17, 15) is 10.2 Å². The minimum absolute atomic E-state index is 0. The molecule has 0 aliphatic heterocycles. The molecule has 1 saturated carbocycles. The summed E-state index contributed by atoms with van der Waals surface area (Å²) in [6.07, 6.45) is 10.7. The number of hydrogen-bond donors (Lipinski definition) is 4. The Morgan fingerprint density at radius 3 is 1.81 bits per heavy atom. The first-order chi connectivity index (χ1) is 19.5. The third-order valence-electron chi connectivity index (χ3n) is 7.78. The van der Waals surface area contributed by atoms with Crippen molar-refractivity contribution in [3.8, 4) is 11.5 Å². The molecule has 43 heavy (non-hydrogen) atoms. The number of hydrogen-bond acceptors (Lipinski definition) is 5. The monoisotopic (exact) mass is 639 g/mol. The normalized spacial score (nSPS) is 17.4. The molecule has 7 nitrogen and oxygen atoms in total. The van der Waals surface area contributed by atoms with Crippen LogP contribution in [0.25, 0.3) is 0 Å². The number of benzene rings is 2. The molecule has 0 saturated heterocycles. The van der Waals surface area contributed by atoms with Crippen molar-refractivity contribution in [2.24, 2.45) is 9.98 Å². The fraction of sp³-hybridized carbons (Fsp3) is 0.571. The zero-order valence-corrected chi connectivity index (χ0v) is 28.2. The summed E-state index contributed by atoms with van der Waals surface area (Å²) in [7, 11) is 0. The summed E-state index contributed by atoms with van der Waals surface area (Å²) in [6.45, 7) is 17.2. The quantitative estimate of drug-likeness (QED) is 0.170. The van der Waals surface area contributed by atoms with Gasteiger partial charge < -0.3 is 20.4 Å². The third-order valence-corrected chi connectivity index (χ3v) is 7.78. The van der Waals surface area contributed by atoms with Crippen molar-refractivity contribution in [2.45, 2.75) is 130 Å². The van der Waals surface area contributed by atoms with Crippen LogP contribution in [0.1, 0.15) is 127 Å². The predicted molar refractivity (Wildman–Crippen MR) is 173 cm³/mol. The fourth-order valence-electron chi connectivity index (χ4n) is 5.26. The maximum atomic E-state index is 11.2. The molecule has 1 aliphatic carbocycles. The number of unbranched alkanes of at least 4 members (excludes halogenated alkanes) is 2. The summed E-state index contributed by atoms with van der Waals surface area (Å²) in [5.74, 6) is 0.646. The van der Waals surface area contributed by atoms with E-state index in [-0.39, 0.29) is 39.7 Å². The second-order valence-corrected chi connectivity index (χ2v) is 13.5. The molecule has 2 atom stereocenters. The van der Waals surface area contributed by atoms with Crippen LogP contribution in [-0.4, -0.2) is 51.1 Å². The van der Waals surface area contributed by atoms with Gasteiger partial charge in [0.25, 0.3) is 0 Å². The van der Waals surface area contributed by atoms with Crippen LogP contribution in [0.5, 0.6) is 11.5 Å². The van der Waals surface area contributed by atoms with Crippen molar-refractivity contribution in [2.75, 3.05) is 0 Å². The van der Waals surface area contributed by atoms with E-state index in [2.05, 4.69) is 72.7 Å². The molecule has 1 aliphatic rings. The van der Waals surface area contributed by atoms with Crippen molar-refractivity contribution < 1.29 is 42.0 Å². The van der Waals surface area contributed by atoms with Crippen LogP contribution in [0.3, 0.4) is 0 Å². The summed E-state index contributed by atoms with van der Waals surface area (Å²) >= 11 is 0. The molecule has 0 spiro atoms. The van der Waals surface area contributed by atoms with Crippen molar-refractivity contribution >= 4 is 18.6 Å². The summed E-state index contributed by atoms with van der Waals surface area (Å²) < 4.78 is 0. The molecule has 241 valence electrons. The van der Waals surface area contributed by atoms with Crippen LogP contribution >= 0.6 is 0 Å². The van der Waals surface area contributed by atoms with Gasteiger partial charge in [0.05, 0.1) is 12.1 Å². The van der Waals surface area contributed by atoms with Gasteiger partial charge in [-0.1, -0.05) is 86.3 Å². The molecule has 3 rings (SSSR count). The van der Waals surface area contributed by atoms with E-state index < -0.39 is 6.16 Å². The number of carbonyl (C=O) groups is 1. The number of rotatable bonds is 8. The van der Waals surface area contributed by atoms with E-state index in [1.54, 1.807) is 0 Å². The third kappa shape index (κ3) is 12.0. The summed E-state index contributed by atoms with van der Waals surface area (Å²) in [5.41, 5.74) is 5.70. The number of carboxylic acid groups (broad SMARTS) is 2. The molecular weight excluding hydrogens is 587 g/mol. The minimum Gasteiger partial charge on any atom is -0.507 e. The smallest absolute Gasteiger partial charge is 0.503 e. The van der Waals surface area contributed by atoms with E-state index in [0.29, 0.717) is 11.5 Å². The van der Waals surface area contributed by atoms with Gasteiger partial charge >= 0.3 is 6.16 Å². The molecule has 2 aromatic rings. The number of aromatic hydroxyl groups is 2. The topological polar surface area (TPSA) is 123 Å². The van der Waals surface area contributed by atoms with E-state index >= 15 is 0 Å². The van der Waals surface area contributed by atoms with Gasteiger partial charge in [0.15, 0.2) is 0 Å². The molecule has 1 fully saturated rings. The van der Waals surface area contributed by atoms with Gasteiger partial charge in [-0.2, -0.15) is 0 Å². The second-order valence-electron chi connectivity index (χ2n) is 13.5. The summed E-state index contributed by atoms with van der Waals surface area (Å²) in [4.78, 5) is 18.5. The van der Waals surface area contributed by atoms with Crippen LogP contribution < -0.4 is 0 Å². The molecule has 4 N–H and O–H groups in total. The Morgan fingerprint density at radius 1 is 0.837 bits per heavy atom. The molecule has 8 heteroatoms. The van der Waals surface area contributed by atoms with Gasteiger partial charge in [0.2, 0.25) is 0 Å². The van der Waals surface area contributed by atoms with E-state index in [4.69, 9.17) is 25.0 Å². The van der Waals surface area contributed by atoms with Gasteiger partial charge in [0, 0.05) is 45.9 Å². The molecular formula is C35H52CoN2O5. The van der Waals surface area contributed by atoms with Gasteiger partial charge in [-0.3, -0.25) is 9.98 Å². The van der Waals surface area contributed by atoms with Crippen LogP contribution in [0.4, 0.5) is 4.79 Å². The van der Waals surface area contributed by atoms with Crippen LogP contribution in [0, 0.1) is 6.92 Å². The summed E-state index contributed by atoms with van der Waals surface area (Å²) in [6, 6.07) is 8.54. The Kier molecular flexibility index (Phi) is 15.0. The van der Waals surface area contributed by atoms with Crippen molar-refractivity contribution in [1.82, 2.24) is 0 Å². The molecule has 2 unspecified atom stereocenters. The molecule has 0 bridgehead atoms. The van der Waals surface area contributed by atoms with Gasteiger partial charge in [0.1, 0.15) is 11.5 Å². The molecule has 2 aromatic carbocycles. The van der Waals surface area contributed by atoms with Crippen molar-refractivity contribution in [1.29, 1.82) is 0 Å². The SMILES string of the molecule is CCCCCc1cc(C)c(O)c(C=NC2CCCCC2N=Cc2cc(C(C)(C)C)cc(C(C)(C)C)c2O)c1.O=C(O)O.[Co]. The first-order valence-electron chi connectivity index (χ1n) is 15.2. The predicted octanol–water partition coefficient (Wildman–Crippen LogP) is 8.80. The van der Waals surface area contributed by atoms with Crippen LogP contribution in [-0.2, 0) is 34.0 Å². The van der Waals surface area contributed by atoms with Crippen molar-refractivity contribution in [3.63, 3.8) is 0 Å². The van der Waals surface area contributed by atoms with Gasteiger partial charge in [-0.05, 0) is 72.3 Å². The molecule has 1 radical (unpaired) electrons. The Bertz CT molecular complexity index is 1250. The number of phenolic OH excluding ortho intramolecular Hbond substituents is 2. The van der Waals surface area contributed by atoms with E-state index in [1.807, 2.05) is 19.4 Å². The van der Waals surface area contributed by atoms with Crippen molar-refractivity contribution in [3.05, 3.63) is 57.6 Å². The first-order valence-corrected chi connectivity index (χ1v) is 15.2. The van der Waals surface area contributed by atoms with Gasteiger partial charge in [-0.25, -0.2) is 4.79 Å². The minimum atomic E-state index is -1.83. The number of phenols is 2. The first kappa shape index (κ1) is 38.2. The number of aliphatic imine (C=N–C) groups is 2. The van der Waals surface area contributed by atoms with E-state index in [1.165, 1.54) is 24.0 Å². The molecule has 0 amide bonds.